The molecule has 0 bridgehead atoms. The van der Waals surface area contributed by atoms with E-state index in [2.05, 4.69) is 15.8 Å². The van der Waals surface area contributed by atoms with Crippen molar-refractivity contribution in [3.8, 4) is 0 Å². The highest BCUT2D eigenvalue weighted by atomic mass is 79.9. The molecule has 0 rings (SSSR count). The van der Waals surface area contributed by atoms with Gasteiger partial charge in [-0.1, -0.05) is 0 Å². The molecular weight excluding hydrogens is 304 g/mol. The van der Waals surface area contributed by atoms with E-state index in [-0.39, 0.29) is 0 Å². The molecule has 0 aliphatic carbocycles. The van der Waals surface area contributed by atoms with Crippen LogP contribution in [0.2, 0.25) is 0 Å². The molecule has 0 N–H and O–H groups in total. The molecule has 0 aromatic rings. The maximum Gasteiger partial charge on any atom is 0.416 e. The van der Waals surface area contributed by atoms with Crippen molar-refractivity contribution in [2.45, 2.75) is 0 Å². The van der Waals surface area contributed by atoms with E-state index in [9.17, 15) is 0 Å². The van der Waals surface area contributed by atoms with Gasteiger partial charge in [-0.2, -0.15) is 57.3 Å². The molecule has 0 aromatic carbocycles. The van der Waals surface area contributed by atoms with E-state index in [0.717, 1.165) is 0 Å². The molecule has 0 amide bonds. The van der Waals surface area contributed by atoms with Gasteiger partial charge in [-0.05, 0) is 0 Å². The first kappa shape index (κ1) is 12.1. The van der Waals surface area contributed by atoms with Crippen molar-refractivity contribution in [1.82, 2.24) is 4.63 Å². The summed E-state index contributed by atoms with van der Waals surface area (Å²) in [6.45, 7) is 0. The van der Waals surface area contributed by atoms with Crippen molar-refractivity contribution < 1.29 is 0 Å². The number of hydrogen-bond acceptors (Lipinski definition) is 1. The Labute approximate surface area is 93.5 Å². The standard InChI is InChI=1S/B3BrCl5N/c4-1(5)10(2(6)7)3(8)9. The first-order valence-corrected chi connectivity index (χ1v) is 5.18. The Morgan fingerprint density at radius 3 is 1.20 bits per heavy atom. The molecule has 0 spiro atoms. The van der Waals surface area contributed by atoms with Gasteiger partial charge in [-0.25, -0.2) is 0 Å². The van der Waals surface area contributed by atoms with Crippen LogP contribution >= 0.6 is 73.1 Å². The number of rotatable bonds is 3. The first-order valence-electron chi connectivity index (χ1n) is 2.08. The third kappa shape index (κ3) is 4.20. The fourth-order valence-corrected chi connectivity index (χ4v) is 2.86. The minimum absolute atomic E-state index is 0.576. The second-order valence-electron chi connectivity index (χ2n) is 1.28. The molecule has 10 heavy (non-hydrogen) atoms. The van der Waals surface area contributed by atoms with E-state index in [4.69, 9.17) is 57.3 Å². The summed E-state index contributed by atoms with van der Waals surface area (Å²) in [5.41, 5.74) is -1.66. The molecule has 0 radical (unpaired) electrons. The summed E-state index contributed by atoms with van der Waals surface area (Å²) < 4.78 is 1.24. The molecule has 0 heterocycles. The summed E-state index contributed by atoms with van der Waals surface area (Å²) >= 11 is 30.3. The molecule has 0 unspecified atom stereocenters. The molecule has 0 atom stereocenters. The zero-order valence-corrected chi connectivity index (χ0v) is 9.81. The summed E-state index contributed by atoms with van der Waals surface area (Å²) in [6.07, 6.45) is 0. The third-order valence-corrected chi connectivity index (χ3v) is 2.28. The van der Waals surface area contributed by atoms with Crippen molar-refractivity contribution >= 4 is 89.5 Å². The lowest BCUT2D eigenvalue weighted by molar-refractivity contribution is 1.13. The maximum atomic E-state index is 5.54. The predicted octanol–water partition coefficient (Wildman–Crippen LogP) is 2.83. The zero-order valence-electron chi connectivity index (χ0n) is 4.45. The van der Waals surface area contributed by atoms with Gasteiger partial charge in [-0.3, -0.25) is 0 Å². The summed E-state index contributed by atoms with van der Waals surface area (Å²) in [5, 5.41) is -0.576. The summed E-state index contributed by atoms with van der Waals surface area (Å²) in [4.78, 5) is 0. The fraction of sp³-hybridized carbons (Fsp3) is 0. The van der Waals surface area contributed by atoms with Gasteiger partial charge in [-0.15, -0.1) is 15.8 Å². The van der Waals surface area contributed by atoms with Crippen molar-refractivity contribution in [3.05, 3.63) is 0 Å². The number of nitrogens with zero attached hydrogens (tertiary/aromatic N) is 1. The Hall–Kier alpha value is 2.08. The van der Waals surface area contributed by atoms with E-state index < -0.39 is 16.4 Å². The topological polar surface area (TPSA) is 3.24 Å². The van der Waals surface area contributed by atoms with Gasteiger partial charge in [0.05, 0.1) is 0 Å². The molecule has 0 aliphatic heterocycles. The van der Waals surface area contributed by atoms with E-state index in [1.54, 1.807) is 0 Å². The van der Waals surface area contributed by atoms with Gasteiger partial charge in [0, 0.05) is 0 Å². The van der Waals surface area contributed by atoms with Gasteiger partial charge in [0.1, 0.15) is 0 Å². The Balaban J connectivity index is 3.98. The van der Waals surface area contributed by atoms with Crippen molar-refractivity contribution in [3.63, 3.8) is 0 Å². The Bertz CT molecular complexity index is 77.9. The average Bonchev–Trinajstić information content (AvgIpc) is 1.59. The lowest BCUT2D eigenvalue weighted by Gasteiger charge is -2.19. The van der Waals surface area contributed by atoms with Crippen LogP contribution in [0.5, 0.6) is 0 Å². The van der Waals surface area contributed by atoms with Crippen molar-refractivity contribution in [2.75, 3.05) is 0 Å². The van der Waals surface area contributed by atoms with Crippen LogP contribution in [0, 0.1) is 0 Å². The van der Waals surface area contributed by atoms with Crippen LogP contribution < -0.4 is 0 Å². The smallest absolute Gasteiger partial charge is 0.347 e. The van der Waals surface area contributed by atoms with Gasteiger partial charge < -0.3 is 4.63 Å². The molecule has 0 aromatic heterocycles. The van der Waals surface area contributed by atoms with Crippen LogP contribution in [0.15, 0.2) is 0 Å². The highest BCUT2D eigenvalue weighted by Gasteiger charge is 2.34. The summed E-state index contributed by atoms with van der Waals surface area (Å²) in [5.74, 6) is 0. The Morgan fingerprint density at radius 2 is 1.20 bits per heavy atom. The van der Waals surface area contributed by atoms with Gasteiger partial charge in [0.15, 0.2) is 0 Å². The normalized spacial score (nSPS) is 9.90. The van der Waals surface area contributed by atoms with E-state index in [0.29, 0.717) is 0 Å². The van der Waals surface area contributed by atoms with E-state index in [1.165, 1.54) is 4.63 Å². The molecule has 0 fully saturated rings. The maximum absolute atomic E-state index is 5.54. The van der Waals surface area contributed by atoms with E-state index >= 15 is 0 Å². The molecule has 0 aliphatic rings. The summed E-state index contributed by atoms with van der Waals surface area (Å²) in [6, 6.07) is 0. The Morgan fingerprint density at radius 1 is 0.900 bits per heavy atom. The van der Waals surface area contributed by atoms with Gasteiger partial charge in [0.25, 0.3) is 0 Å². The SMILES string of the molecule is ClB(Cl)N(B(Cl)Cl)B(Cl)Br. The lowest BCUT2D eigenvalue weighted by atomic mass is 10.00. The zero-order chi connectivity index (χ0) is 8.31. The van der Waals surface area contributed by atoms with Crippen molar-refractivity contribution in [1.29, 1.82) is 0 Å². The van der Waals surface area contributed by atoms with E-state index in [1.807, 2.05) is 0 Å². The van der Waals surface area contributed by atoms with Crippen molar-refractivity contribution in [2.24, 2.45) is 0 Å². The highest BCUT2D eigenvalue weighted by molar-refractivity contribution is 9.25. The second kappa shape index (κ2) is 5.68. The highest BCUT2D eigenvalue weighted by Crippen LogP contribution is 2.19. The van der Waals surface area contributed by atoms with Crippen LogP contribution in [-0.2, 0) is 0 Å². The van der Waals surface area contributed by atoms with Crippen LogP contribution in [0.3, 0.4) is 0 Å². The Kier molecular flexibility index (Phi) is 6.87. The molecule has 0 saturated heterocycles. The quantitative estimate of drug-likeness (QED) is 0.725. The molecular formula is B3BrCl5N. The number of halogens is 6. The average molecular weight is 304 g/mol. The molecule has 56 valence electrons. The van der Waals surface area contributed by atoms with Gasteiger partial charge >= 0.3 is 16.4 Å². The lowest BCUT2D eigenvalue weighted by Crippen LogP contribution is -2.43. The molecule has 1 nitrogen and oxygen atoms in total. The molecule has 10 heteroatoms. The molecule has 0 saturated carbocycles. The van der Waals surface area contributed by atoms with Gasteiger partial charge in [0.2, 0.25) is 0 Å². The minimum Gasteiger partial charge on any atom is -0.347 e. The number of hydrogen-bond donors (Lipinski definition) is 0. The monoisotopic (exact) mass is 301 g/mol. The predicted molar refractivity (Wildman–Crippen MR) is 57.3 cm³/mol. The van der Waals surface area contributed by atoms with Crippen LogP contribution in [0.1, 0.15) is 0 Å². The minimum atomic E-state index is -0.832. The largest absolute Gasteiger partial charge is 0.416 e. The van der Waals surface area contributed by atoms with Crippen LogP contribution in [0.25, 0.3) is 0 Å². The first-order chi connectivity index (χ1) is 4.46. The van der Waals surface area contributed by atoms with Crippen LogP contribution in [-0.4, -0.2) is 21.1 Å². The van der Waals surface area contributed by atoms with Crippen LogP contribution in [0.4, 0.5) is 0 Å². The second-order valence-corrected chi connectivity index (χ2v) is 5.19. The fourth-order valence-electron chi connectivity index (χ4n) is 0.256. The third-order valence-electron chi connectivity index (χ3n) is 0.676. The summed E-state index contributed by atoms with van der Waals surface area (Å²) in [7, 11) is 0.